The van der Waals surface area contributed by atoms with Crippen LogP contribution in [-0.4, -0.2) is 69.9 Å². The van der Waals surface area contributed by atoms with E-state index in [0.717, 1.165) is 76.2 Å². The minimum atomic E-state index is 0.614. The Morgan fingerprint density at radius 1 is 1.24 bits per heavy atom. The first kappa shape index (κ1) is 19.5. The van der Waals surface area contributed by atoms with Gasteiger partial charge in [-0.3, -0.25) is 9.89 Å². The first-order valence-electron chi connectivity index (χ1n) is 9.30. The summed E-state index contributed by atoms with van der Waals surface area (Å²) in [5.74, 6) is 1.80. The van der Waals surface area contributed by atoms with E-state index in [1.54, 1.807) is 0 Å². The fourth-order valence-electron chi connectivity index (χ4n) is 2.70. The smallest absolute Gasteiger partial charge is 0.191 e. The number of aryl methyl sites for hydroxylation is 1. The molecular formula is C19H32N4O2. The van der Waals surface area contributed by atoms with Gasteiger partial charge in [-0.1, -0.05) is 18.2 Å². The van der Waals surface area contributed by atoms with E-state index < -0.39 is 0 Å². The molecule has 0 saturated carbocycles. The van der Waals surface area contributed by atoms with Gasteiger partial charge < -0.3 is 20.1 Å². The zero-order valence-electron chi connectivity index (χ0n) is 15.6. The number of hydrogen-bond donors (Lipinski definition) is 2. The Balaban J connectivity index is 1.64. The molecule has 2 N–H and O–H groups in total. The number of para-hydroxylation sites is 1. The predicted molar refractivity (Wildman–Crippen MR) is 103 cm³/mol. The minimum absolute atomic E-state index is 0.614. The highest BCUT2D eigenvalue weighted by Gasteiger charge is 2.09. The van der Waals surface area contributed by atoms with Crippen LogP contribution in [0.5, 0.6) is 5.75 Å². The summed E-state index contributed by atoms with van der Waals surface area (Å²) in [6, 6.07) is 8.08. The summed E-state index contributed by atoms with van der Waals surface area (Å²) in [5, 5.41) is 6.61. The van der Waals surface area contributed by atoms with Gasteiger partial charge in [0.15, 0.2) is 5.96 Å². The highest BCUT2D eigenvalue weighted by atomic mass is 16.5. The van der Waals surface area contributed by atoms with Crippen LogP contribution in [0.1, 0.15) is 18.9 Å². The molecule has 1 aliphatic heterocycles. The molecule has 6 nitrogen and oxygen atoms in total. The van der Waals surface area contributed by atoms with Crippen molar-refractivity contribution < 1.29 is 9.47 Å². The van der Waals surface area contributed by atoms with Crippen LogP contribution in [0.3, 0.4) is 0 Å². The zero-order valence-corrected chi connectivity index (χ0v) is 15.6. The third kappa shape index (κ3) is 7.75. The SMILES string of the molecule is CCNC(=NCCCN1CCOCC1)NCCOc1ccccc1C. The second-order valence-corrected chi connectivity index (χ2v) is 6.11. The van der Waals surface area contributed by atoms with Crippen molar-refractivity contribution in [2.24, 2.45) is 4.99 Å². The molecule has 1 fully saturated rings. The van der Waals surface area contributed by atoms with Gasteiger partial charge in [0.25, 0.3) is 0 Å². The van der Waals surface area contributed by atoms with Crippen molar-refractivity contribution in [3.63, 3.8) is 0 Å². The zero-order chi connectivity index (χ0) is 17.7. The van der Waals surface area contributed by atoms with Crippen LogP contribution < -0.4 is 15.4 Å². The number of morpholine rings is 1. The minimum Gasteiger partial charge on any atom is -0.491 e. The van der Waals surface area contributed by atoms with Gasteiger partial charge in [-0.05, 0) is 31.9 Å². The van der Waals surface area contributed by atoms with E-state index in [4.69, 9.17) is 9.47 Å². The first-order valence-corrected chi connectivity index (χ1v) is 9.30. The quantitative estimate of drug-likeness (QED) is 0.404. The van der Waals surface area contributed by atoms with Crippen LogP contribution in [0.4, 0.5) is 0 Å². The summed E-state index contributed by atoms with van der Waals surface area (Å²) in [4.78, 5) is 7.08. The number of rotatable bonds is 9. The topological polar surface area (TPSA) is 58.1 Å². The number of aliphatic imine (C=N–C) groups is 1. The summed E-state index contributed by atoms with van der Waals surface area (Å²) >= 11 is 0. The fraction of sp³-hybridized carbons (Fsp3) is 0.632. The molecule has 0 atom stereocenters. The number of nitrogens with zero attached hydrogens (tertiary/aromatic N) is 2. The molecule has 0 unspecified atom stereocenters. The average molecular weight is 348 g/mol. The van der Waals surface area contributed by atoms with Crippen molar-refractivity contribution in [3.8, 4) is 5.75 Å². The van der Waals surface area contributed by atoms with E-state index >= 15 is 0 Å². The third-order valence-corrected chi connectivity index (χ3v) is 4.10. The molecule has 0 aliphatic carbocycles. The molecule has 6 heteroatoms. The van der Waals surface area contributed by atoms with Gasteiger partial charge in [-0.2, -0.15) is 0 Å². The van der Waals surface area contributed by atoms with Gasteiger partial charge in [-0.15, -0.1) is 0 Å². The Bertz CT molecular complexity index is 516. The second kappa shape index (κ2) is 11.7. The van der Waals surface area contributed by atoms with Gasteiger partial charge in [-0.25, -0.2) is 0 Å². The largest absolute Gasteiger partial charge is 0.491 e. The van der Waals surface area contributed by atoms with Crippen molar-refractivity contribution in [2.45, 2.75) is 20.3 Å². The Hall–Kier alpha value is -1.79. The molecule has 0 radical (unpaired) electrons. The molecule has 140 valence electrons. The van der Waals surface area contributed by atoms with Crippen LogP contribution >= 0.6 is 0 Å². The van der Waals surface area contributed by atoms with Crippen molar-refractivity contribution in [2.75, 3.05) is 59.1 Å². The van der Waals surface area contributed by atoms with Gasteiger partial charge >= 0.3 is 0 Å². The van der Waals surface area contributed by atoms with Crippen LogP contribution in [0.25, 0.3) is 0 Å². The van der Waals surface area contributed by atoms with Gasteiger partial charge in [0.05, 0.1) is 19.8 Å². The molecule has 1 aliphatic rings. The molecule has 0 bridgehead atoms. The molecule has 25 heavy (non-hydrogen) atoms. The lowest BCUT2D eigenvalue weighted by molar-refractivity contribution is 0.0377. The maximum Gasteiger partial charge on any atom is 0.191 e. The monoisotopic (exact) mass is 348 g/mol. The lowest BCUT2D eigenvalue weighted by Crippen LogP contribution is -2.40. The van der Waals surface area contributed by atoms with Gasteiger partial charge in [0.2, 0.25) is 0 Å². The van der Waals surface area contributed by atoms with Gasteiger partial charge in [0, 0.05) is 32.7 Å². The van der Waals surface area contributed by atoms with E-state index in [1.165, 1.54) is 0 Å². The molecule has 0 amide bonds. The fourth-order valence-corrected chi connectivity index (χ4v) is 2.70. The Morgan fingerprint density at radius 3 is 2.80 bits per heavy atom. The maximum atomic E-state index is 5.81. The van der Waals surface area contributed by atoms with Crippen LogP contribution in [0, 0.1) is 6.92 Å². The van der Waals surface area contributed by atoms with Crippen LogP contribution in [0.2, 0.25) is 0 Å². The average Bonchev–Trinajstić information content (AvgIpc) is 2.64. The number of ether oxygens (including phenoxy) is 2. The van der Waals surface area contributed by atoms with E-state index in [1.807, 2.05) is 18.2 Å². The number of hydrogen-bond acceptors (Lipinski definition) is 4. The van der Waals surface area contributed by atoms with E-state index in [0.29, 0.717) is 6.61 Å². The number of guanidine groups is 1. The molecular weight excluding hydrogens is 316 g/mol. The van der Waals surface area contributed by atoms with Gasteiger partial charge in [0.1, 0.15) is 12.4 Å². The van der Waals surface area contributed by atoms with Crippen molar-refractivity contribution in [3.05, 3.63) is 29.8 Å². The number of nitrogens with one attached hydrogen (secondary N) is 2. The Labute approximate surface area is 151 Å². The third-order valence-electron chi connectivity index (χ3n) is 4.10. The maximum absolute atomic E-state index is 5.81. The van der Waals surface area contributed by atoms with Crippen LogP contribution in [-0.2, 0) is 4.74 Å². The number of benzene rings is 1. The molecule has 2 rings (SSSR count). The summed E-state index contributed by atoms with van der Waals surface area (Å²) < 4.78 is 11.2. The molecule has 0 aromatic heterocycles. The highest BCUT2D eigenvalue weighted by molar-refractivity contribution is 5.79. The van der Waals surface area contributed by atoms with E-state index in [-0.39, 0.29) is 0 Å². The molecule has 1 heterocycles. The Morgan fingerprint density at radius 2 is 2.04 bits per heavy atom. The van der Waals surface area contributed by atoms with E-state index in [2.05, 4.69) is 40.4 Å². The highest BCUT2D eigenvalue weighted by Crippen LogP contribution is 2.15. The normalized spacial score (nSPS) is 15.8. The van der Waals surface area contributed by atoms with Crippen molar-refractivity contribution in [1.29, 1.82) is 0 Å². The summed E-state index contributed by atoms with van der Waals surface area (Å²) in [5.41, 5.74) is 1.16. The molecule has 0 spiro atoms. The standard InChI is InChI=1S/C19H32N4O2/c1-3-20-19(21-9-6-11-23-12-15-24-16-13-23)22-10-14-25-18-8-5-4-7-17(18)2/h4-5,7-8H,3,6,9-16H2,1-2H3,(H2,20,21,22). The molecule has 1 aromatic rings. The van der Waals surface area contributed by atoms with Crippen molar-refractivity contribution >= 4 is 5.96 Å². The van der Waals surface area contributed by atoms with E-state index in [9.17, 15) is 0 Å². The summed E-state index contributed by atoms with van der Waals surface area (Å²) in [7, 11) is 0. The lowest BCUT2D eigenvalue weighted by Gasteiger charge is -2.26. The van der Waals surface area contributed by atoms with Crippen molar-refractivity contribution in [1.82, 2.24) is 15.5 Å². The Kier molecular flexibility index (Phi) is 9.15. The summed E-state index contributed by atoms with van der Waals surface area (Å²) in [6.45, 7) is 12.0. The first-order chi connectivity index (χ1) is 12.3. The lowest BCUT2D eigenvalue weighted by atomic mass is 10.2. The molecule has 1 aromatic carbocycles. The molecule has 1 saturated heterocycles. The predicted octanol–water partition coefficient (Wildman–Crippen LogP) is 1.65. The second-order valence-electron chi connectivity index (χ2n) is 6.11. The summed E-state index contributed by atoms with van der Waals surface area (Å²) in [6.07, 6.45) is 1.07. The van der Waals surface area contributed by atoms with Crippen LogP contribution in [0.15, 0.2) is 29.3 Å².